The molecule has 1 aromatic heterocycles. The Hall–Kier alpha value is -2.81. The van der Waals surface area contributed by atoms with Crippen LogP contribution in [0.3, 0.4) is 0 Å². The van der Waals surface area contributed by atoms with Gasteiger partial charge in [0.15, 0.2) is 0 Å². The van der Waals surface area contributed by atoms with Crippen molar-refractivity contribution in [1.29, 1.82) is 0 Å². The molecule has 0 saturated heterocycles. The first-order chi connectivity index (χ1) is 13.8. The van der Waals surface area contributed by atoms with E-state index in [1.54, 1.807) is 36.4 Å². The molecule has 0 bridgehead atoms. The molecule has 29 heavy (non-hydrogen) atoms. The van der Waals surface area contributed by atoms with Gasteiger partial charge >= 0.3 is 0 Å². The van der Waals surface area contributed by atoms with E-state index in [1.807, 2.05) is 0 Å². The van der Waals surface area contributed by atoms with Gasteiger partial charge in [0.25, 0.3) is 5.91 Å². The standard InChI is InChI=1S/C20H17ClFN3O3S/c1-25(29(27,28)16-8-5-7-15(22)12-16)13-14-6-4-9-17(21)19(14)24-20(26)18-10-2-3-11-23-18/h2-12H,13H2,1H3,(H,24,26). The predicted molar refractivity (Wildman–Crippen MR) is 109 cm³/mol. The zero-order valence-corrected chi connectivity index (χ0v) is 16.9. The smallest absolute Gasteiger partial charge is 0.274 e. The molecule has 0 aliphatic carbocycles. The highest BCUT2D eigenvalue weighted by atomic mass is 35.5. The van der Waals surface area contributed by atoms with Crippen molar-refractivity contribution in [3.8, 4) is 0 Å². The Bertz CT molecular complexity index is 1140. The van der Waals surface area contributed by atoms with Crippen LogP contribution in [0.4, 0.5) is 10.1 Å². The number of nitrogens with zero attached hydrogens (tertiary/aromatic N) is 2. The van der Waals surface area contributed by atoms with Gasteiger partial charge in [0.2, 0.25) is 10.0 Å². The molecule has 0 atom stereocenters. The molecule has 150 valence electrons. The molecule has 6 nitrogen and oxygen atoms in total. The lowest BCUT2D eigenvalue weighted by Crippen LogP contribution is -2.27. The van der Waals surface area contributed by atoms with Gasteiger partial charge < -0.3 is 5.32 Å². The normalized spacial score (nSPS) is 11.4. The topological polar surface area (TPSA) is 79.4 Å². The molecule has 0 aliphatic heterocycles. The fourth-order valence-corrected chi connectivity index (χ4v) is 4.07. The number of anilines is 1. The molecule has 2 aromatic carbocycles. The second-order valence-electron chi connectivity index (χ2n) is 6.16. The maximum absolute atomic E-state index is 13.5. The number of aromatic nitrogens is 1. The zero-order chi connectivity index (χ0) is 21.0. The molecule has 0 fully saturated rings. The van der Waals surface area contributed by atoms with E-state index in [0.29, 0.717) is 5.56 Å². The maximum atomic E-state index is 13.5. The van der Waals surface area contributed by atoms with Gasteiger partial charge in [-0.15, -0.1) is 0 Å². The number of amides is 1. The van der Waals surface area contributed by atoms with Crippen LogP contribution in [0.25, 0.3) is 0 Å². The third-order valence-electron chi connectivity index (χ3n) is 4.13. The van der Waals surface area contributed by atoms with Gasteiger partial charge in [-0.3, -0.25) is 9.78 Å². The summed E-state index contributed by atoms with van der Waals surface area (Å²) < 4.78 is 40.0. The Morgan fingerprint density at radius 2 is 1.90 bits per heavy atom. The monoisotopic (exact) mass is 433 g/mol. The van der Waals surface area contributed by atoms with Gasteiger partial charge in [-0.2, -0.15) is 4.31 Å². The van der Waals surface area contributed by atoms with E-state index in [2.05, 4.69) is 10.3 Å². The van der Waals surface area contributed by atoms with Crippen molar-refractivity contribution in [3.63, 3.8) is 0 Å². The summed E-state index contributed by atoms with van der Waals surface area (Å²) in [6, 6.07) is 14.6. The maximum Gasteiger partial charge on any atom is 0.274 e. The molecule has 0 aliphatic rings. The fraction of sp³-hybridized carbons (Fsp3) is 0.100. The first-order valence-electron chi connectivity index (χ1n) is 8.50. The van der Waals surface area contributed by atoms with Crippen LogP contribution < -0.4 is 5.32 Å². The SMILES string of the molecule is CN(Cc1cccc(Cl)c1NC(=O)c1ccccn1)S(=O)(=O)c1cccc(F)c1. The van der Waals surface area contributed by atoms with Gasteiger partial charge in [0.05, 0.1) is 15.6 Å². The highest BCUT2D eigenvalue weighted by Crippen LogP contribution is 2.29. The minimum Gasteiger partial charge on any atom is -0.319 e. The summed E-state index contributed by atoms with van der Waals surface area (Å²) in [4.78, 5) is 16.3. The van der Waals surface area contributed by atoms with Crippen LogP contribution in [-0.4, -0.2) is 30.7 Å². The second kappa shape index (κ2) is 8.69. The lowest BCUT2D eigenvalue weighted by molar-refractivity contribution is 0.102. The summed E-state index contributed by atoms with van der Waals surface area (Å²) in [7, 11) is -2.58. The molecule has 1 amide bonds. The fourth-order valence-electron chi connectivity index (χ4n) is 2.65. The quantitative estimate of drug-likeness (QED) is 0.638. The zero-order valence-electron chi connectivity index (χ0n) is 15.3. The van der Waals surface area contributed by atoms with E-state index < -0.39 is 21.7 Å². The van der Waals surface area contributed by atoms with E-state index in [0.717, 1.165) is 10.4 Å². The Balaban J connectivity index is 1.88. The Labute approximate surface area is 173 Å². The third-order valence-corrected chi connectivity index (χ3v) is 6.25. The molecule has 1 heterocycles. The minimum atomic E-state index is -3.94. The number of carbonyl (C=O) groups excluding carboxylic acids is 1. The summed E-state index contributed by atoms with van der Waals surface area (Å²) in [6.07, 6.45) is 1.49. The number of hydrogen-bond donors (Lipinski definition) is 1. The highest BCUT2D eigenvalue weighted by molar-refractivity contribution is 7.89. The van der Waals surface area contributed by atoms with E-state index in [9.17, 15) is 17.6 Å². The number of para-hydroxylation sites is 1. The van der Waals surface area contributed by atoms with Crippen LogP contribution in [0.15, 0.2) is 71.8 Å². The number of benzene rings is 2. The molecule has 0 radical (unpaired) electrons. The van der Waals surface area contributed by atoms with Crippen molar-refractivity contribution in [1.82, 2.24) is 9.29 Å². The van der Waals surface area contributed by atoms with Crippen LogP contribution in [0.2, 0.25) is 5.02 Å². The molecule has 9 heteroatoms. The molecule has 0 spiro atoms. The second-order valence-corrected chi connectivity index (χ2v) is 8.61. The average Bonchev–Trinajstić information content (AvgIpc) is 2.71. The molecular formula is C20H17ClFN3O3S. The van der Waals surface area contributed by atoms with Crippen molar-refractivity contribution < 1.29 is 17.6 Å². The van der Waals surface area contributed by atoms with Crippen molar-refractivity contribution in [2.24, 2.45) is 0 Å². The summed E-state index contributed by atoms with van der Waals surface area (Å²) in [5.41, 5.74) is 0.953. The van der Waals surface area contributed by atoms with Crippen molar-refractivity contribution >= 4 is 33.2 Å². The van der Waals surface area contributed by atoms with Crippen molar-refractivity contribution in [2.75, 3.05) is 12.4 Å². The molecule has 3 aromatic rings. The largest absolute Gasteiger partial charge is 0.319 e. The summed E-state index contributed by atoms with van der Waals surface area (Å²) in [5.74, 6) is -1.12. The summed E-state index contributed by atoms with van der Waals surface area (Å²) >= 11 is 6.24. The lowest BCUT2D eigenvalue weighted by atomic mass is 10.1. The van der Waals surface area contributed by atoms with Gasteiger partial charge in [-0.25, -0.2) is 12.8 Å². The number of sulfonamides is 1. The molecule has 0 unspecified atom stereocenters. The van der Waals surface area contributed by atoms with Crippen LogP contribution in [0, 0.1) is 5.82 Å². The predicted octanol–water partition coefficient (Wildman–Crippen LogP) is 3.95. The molecular weight excluding hydrogens is 417 g/mol. The van der Waals surface area contributed by atoms with Crippen molar-refractivity contribution in [2.45, 2.75) is 11.4 Å². The lowest BCUT2D eigenvalue weighted by Gasteiger charge is -2.20. The summed E-state index contributed by atoms with van der Waals surface area (Å²) in [6.45, 7) is -0.0861. The van der Waals surface area contributed by atoms with E-state index in [4.69, 9.17) is 11.6 Å². The number of hydrogen-bond acceptors (Lipinski definition) is 4. The Kier molecular flexibility index (Phi) is 6.26. The molecule has 0 saturated carbocycles. The first kappa shape index (κ1) is 20.9. The Morgan fingerprint density at radius 1 is 1.14 bits per heavy atom. The van der Waals surface area contributed by atoms with Crippen LogP contribution in [0.5, 0.6) is 0 Å². The summed E-state index contributed by atoms with van der Waals surface area (Å²) in [5, 5.41) is 2.94. The highest BCUT2D eigenvalue weighted by Gasteiger charge is 2.23. The van der Waals surface area contributed by atoms with E-state index in [1.165, 1.54) is 31.4 Å². The van der Waals surface area contributed by atoms with Crippen LogP contribution in [0.1, 0.15) is 16.1 Å². The van der Waals surface area contributed by atoms with Gasteiger partial charge in [0, 0.05) is 19.8 Å². The number of nitrogens with one attached hydrogen (secondary N) is 1. The van der Waals surface area contributed by atoms with E-state index in [-0.39, 0.29) is 27.8 Å². The first-order valence-corrected chi connectivity index (χ1v) is 10.3. The van der Waals surface area contributed by atoms with E-state index >= 15 is 0 Å². The Morgan fingerprint density at radius 3 is 2.59 bits per heavy atom. The average molecular weight is 434 g/mol. The number of carbonyl (C=O) groups is 1. The third kappa shape index (κ3) is 4.79. The molecule has 3 rings (SSSR count). The number of pyridine rings is 1. The van der Waals surface area contributed by atoms with Gasteiger partial charge in [0.1, 0.15) is 11.5 Å². The number of rotatable bonds is 6. The van der Waals surface area contributed by atoms with Gasteiger partial charge in [-0.1, -0.05) is 35.9 Å². The van der Waals surface area contributed by atoms with Gasteiger partial charge in [-0.05, 0) is 42.0 Å². The minimum absolute atomic E-state index is 0.0861. The molecule has 1 N–H and O–H groups in total. The van der Waals surface area contributed by atoms with Crippen LogP contribution in [-0.2, 0) is 16.6 Å². The van der Waals surface area contributed by atoms with Crippen molar-refractivity contribution in [3.05, 3.63) is 89.0 Å². The number of halogens is 2. The van der Waals surface area contributed by atoms with Crippen LogP contribution >= 0.6 is 11.6 Å².